The van der Waals surface area contributed by atoms with Crippen molar-refractivity contribution in [2.45, 2.75) is 12.0 Å². The number of ketones is 1. The summed E-state index contributed by atoms with van der Waals surface area (Å²) < 4.78 is 19.1. The molecule has 0 fully saturated rings. The highest BCUT2D eigenvalue weighted by Gasteiger charge is 2.30. The molecule has 7 heteroatoms. The van der Waals surface area contributed by atoms with Gasteiger partial charge in [0.15, 0.2) is 0 Å². The molecule has 1 heterocycles. The largest absolute Gasteiger partial charge is 0.497 e. The summed E-state index contributed by atoms with van der Waals surface area (Å²) in [4.78, 5) is 21.4. The van der Waals surface area contributed by atoms with E-state index in [2.05, 4.69) is 15.3 Å². The van der Waals surface area contributed by atoms with Crippen molar-refractivity contribution < 1.29 is 13.9 Å². The average Bonchev–Trinajstić information content (AvgIpc) is 2.81. The number of Topliss-reactive ketones (excluding diaryl/α,β-unsaturated/α-hetero) is 1. The van der Waals surface area contributed by atoms with Gasteiger partial charge in [0.05, 0.1) is 24.9 Å². The van der Waals surface area contributed by atoms with Gasteiger partial charge in [0.2, 0.25) is 5.78 Å². The van der Waals surface area contributed by atoms with Crippen molar-refractivity contribution in [1.82, 2.24) is 4.98 Å². The van der Waals surface area contributed by atoms with Crippen LogP contribution in [0.5, 0.6) is 5.75 Å². The highest BCUT2D eigenvalue weighted by Crippen LogP contribution is 2.26. The van der Waals surface area contributed by atoms with Crippen LogP contribution < -0.4 is 10.1 Å². The van der Waals surface area contributed by atoms with Crippen molar-refractivity contribution in [3.63, 3.8) is 0 Å². The van der Waals surface area contributed by atoms with E-state index in [-0.39, 0.29) is 5.71 Å². The maximum absolute atomic E-state index is 13.9. The molecular weight excluding hydrogens is 395 g/mol. The minimum Gasteiger partial charge on any atom is -0.497 e. The monoisotopic (exact) mass is 418 g/mol. The number of aliphatic imine (C=N–C) groups is 1. The molecule has 2 aromatic carbocycles. The number of hydrogen-bond acceptors (Lipinski definition) is 6. The first-order valence-electron chi connectivity index (χ1n) is 9.64. The average molecular weight is 418 g/mol. The van der Waals surface area contributed by atoms with E-state index in [4.69, 9.17) is 10.1 Å². The van der Waals surface area contributed by atoms with Crippen LogP contribution in [0.25, 0.3) is 0 Å². The number of aromatic nitrogens is 1. The molecule has 0 radical (unpaired) electrons. The number of methoxy groups -OCH3 is 1. The van der Waals surface area contributed by atoms with Crippen LogP contribution in [0.4, 0.5) is 10.1 Å². The predicted octanol–water partition coefficient (Wildman–Crippen LogP) is 4.46. The number of halogens is 1. The van der Waals surface area contributed by atoms with Crippen LogP contribution in [-0.4, -0.2) is 36.9 Å². The Bertz CT molecular complexity index is 1090. The van der Waals surface area contributed by atoms with Crippen molar-refractivity contribution in [3.05, 3.63) is 90.0 Å². The third-order valence-corrected chi connectivity index (χ3v) is 4.74. The number of benzene rings is 2. The Balaban J connectivity index is 1.99. The second kappa shape index (κ2) is 10.2. The van der Waals surface area contributed by atoms with Crippen molar-refractivity contribution in [3.8, 4) is 5.75 Å². The molecular formula is C24H23FN4O2. The van der Waals surface area contributed by atoms with E-state index in [1.165, 1.54) is 12.3 Å². The van der Waals surface area contributed by atoms with Gasteiger partial charge in [-0.25, -0.2) is 4.39 Å². The fourth-order valence-electron chi connectivity index (χ4n) is 3.21. The fraction of sp³-hybridized carbons (Fsp3) is 0.167. The molecule has 2 atom stereocenters. The molecule has 2 N–H and O–H groups in total. The molecule has 3 rings (SSSR count). The van der Waals surface area contributed by atoms with Gasteiger partial charge in [0.1, 0.15) is 17.6 Å². The van der Waals surface area contributed by atoms with Crippen LogP contribution in [0.15, 0.2) is 78.0 Å². The topological polar surface area (TPSA) is 87.4 Å². The lowest BCUT2D eigenvalue weighted by Crippen LogP contribution is -2.32. The summed E-state index contributed by atoms with van der Waals surface area (Å²) >= 11 is 0. The quantitative estimate of drug-likeness (QED) is 0.503. The van der Waals surface area contributed by atoms with Crippen LogP contribution in [0.2, 0.25) is 0 Å². The first-order chi connectivity index (χ1) is 15.0. The third-order valence-electron chi connectivity index (χ3n) is 4.74. The van der Waals surface area contributed by atoms with Gasteiger partial charge < -0.3 is 15.5 Å². The smallest absolute Gasteiger partial charge is 0.204 e. The highest BCUT2D eigenvalue weighted by atomic mass is 19.1. The summed E-state index contributed by atoms with van der Waals surface area (Å²) in [7, 11) is 3.14. The highest BCUT2D eigenvalue weighted by molar-refractivity contribution is 6.45. The summed E-state index contributed by atoms with van der Waals surface area (Å²) in [6.07, 6.45) is 4.04. The zero-order valence-corrected chi connectivity index (χ0v) is 17.2. The number of ether oxygens (including phenoxy) is 1. The Morgan fingerprint density at radius 1 is 1.13 bits per heavy atom. The zero-order chi connectivity index (χ0) is 22.2. The molecule has 158 valence electrons. The minimum absolute atomic E-state index is 0.165. The number of pyridine rings is 1. The number of nitrogens with zero attached hydrogens (tertiary/aromatic N) is 2. The number of hydrogen-bond donors (Lipinski definition) is 2. The molecule has 0 aliphatic heterocycles. The maximum atomic E-state index is 13.9. The molecule has 6 nitrogen and oxygen atoms in total. The normalized spacial score (nSPS) is 12.9. The third kappa shape index (κ3) is 5.39. The Hall–Kier alpha value is -3.87. The molecule has 0 amide bonds. The molecule has 0 saturated heterocycles. The van der Waals surface area contributed by atoms with E-state index < -0.39 is 23.6 Å². The molecule has 0 saturated carbocycles. The lowest BCUT2D eigenvalue weighted by Gasteiger charge is -2.22. The van der Waals surface area contributed by atoms with E-state index in [1.807, 2.05) is 30.3 Å². The van der Waals surface area contributed by atoms with Gasteiger partial charge in [-0.3, -0.25) is 14.8 Å². The molecule has 31 heavy (non-hydrogen) atoms. The lowest BCUT2D eigenvalue weighted by atomic mass is 9.88. The molecule has 3 aromatic rings. The number of rotatable bonds is 9. The number of anilines is 1. The Kier molecular flexibility index (Phi) is 7.22. The molecule has 0 aliphatic rings. The maximum Gasteiger partial charge on any atom is 0.204 e. The van der Waals surface area contributed by atoms with Crippen molar-refractivity contribution in [2.24, 2.45) is 4.99 Å². The summed E-state index contributed by atoms with van der Waals surface area (Å²) in [6.45, 7) is 0. The summed E-state index contributed by atoms with van der Waals surface area (Å²) in [6, 6.07) is 16.5. The number of carbonyl (C=O) groups excluding carboxylic acids is 1. The van der Waals surface area contributed by atoms with Gasteiger partial charge in [-0.1, -0.05) is 36.4 Å². The van der Waals surface area contributed by atoms with Crippen molar-refractivity contribution in [2.75, 3.05) is 19.5 Å². The van der Waals surface area contributed by atoms with Gasteiger partial charge in [0, 0.05) is 36.8 Å². The molecule has 1 aromatic heterocycles. The van der Waals surface area contributed by atoms with Crippen molar-refractivity contribution >= 4 is 23.4 Å². The Labute approximate surface area is 180 Å². The van der Waals surface area contributed by atoms with E-state index >= 15 is 0 Å². The van der Waals surface area contributed by atoms with Crippen LogP contribution in [-0.2, 0) is 4.79 Å². The predicted molar refractivity (Wildman–Crippen MR) is 120 cm³/mol. The summed E-state index contributed by atoms with van der Waals surface area (Å²) in [5.41, 5.74) is 1.51. The Morgan fingerprint density at radius 3 is 2.58 bits per heavy atom. The standard InChI is InChI=1S/C24H23FN4O2/c1-27-15-21(16-7-4-3-5-8-16)22(26)24(30)23(17-11-18(25)14-28-13-17)29-19-9-6-10-20(12-19)31-2/h3-15,21,23,26,29H,1-2H3. The molecule has 0 spiro atoms. The van der Waals surface area contributed by atoms with E-state index in [1.54, 1.807) is 44.6 Å². The van der Waals surface area contributed by atoms with Gasteiger partial charge in [-0.15, -0.1) is 0 Å². The lowest BCUT2D eigenvalue weighted by molar-refractivity contribution is -0.113. The molecule has 0 aliphatic carbocycles. The minimum atomic E-state index is -1.01. The molecule has 0 bridgehead atoms. The van der Waals surface area contributed by atoms with Gasteiger partial charge in [-0.05, 0) is 23.8 Å². The zero-order valence-electron chi connectivity index (χ0n) is 17.2. The summed E-state index contributed by atoms with van der Waals surface area (Å²) in [5.74, 6) is -1.10. The molecule has 2 unspecified atom stereocenters. The van der Waals surface area contributed by atoms with Crippen LogP contribution >= 0.6 is 0 Å². The number of nitrogens with one attached hydrogen (secondary N) is 2. The fourth-order valence-corrected chi connectivity index (χ4v) is 3.21. The summed E-state index contributed by atoms with van der Waals surface area (Å²) in [5, 5.41) is 11.8. The Morgan fingerprint density at radius 2 is 1.90 bits per heavy atom. The van der Waals surface area contributed by atoms with Crippen LogP contribution in [0.1, 0.15) is 23.1 Å². The van der Waals surface area contributed by atoms with E-state index in [0.717, 1.165) is 11.8 Å². The van der Waals surface area contributed by atoms with Gasteiger partial charge >= 0.3 is 0 Å². The van der Waals surface area contributed by atoms with E-state index in [9.17, 15) is 9.18 Å². The van der Waals surface area contributed by atoms with E-state index in [0.29, 0.717) is 17.0 Å². The second-order valence-corrected chi connectivity index (χ2v) is 6.82. The van der Waals surface area contributed by atoms with Crippen molar-refractivity contribution in [1.29, 1.82) is 5.41 Å². The number of carbonyl (C=O) groups is 1. The van der Waals surface area contributed by atoms with Crippen LogP contribution in [0.3, 0.4) is 0 Å². The van der Waals surface area contributed by atoms with Gasteiger partial charge in [-0.2, -0.15) is 0 Å². The van der Waals surface area contributed by atoms with Crippen LogP contribution in [0, 0.1) is 11.2 Å². The first-order valence-corrected chi connectivity index (χ1v) is 9.64. The van der Waals surface area contributed by atoms with Gasteiger partial charge in [0.25, 0.3) is 0 Å². The first kappa shape index (κ1) is 21.8. The SMILES string of the molecule is CN=CC(C(=N)C(=O)C(Nc1cccc(OC)c1)c1cncc(F)c1)c1ccccc1. The second-order valence-electron chi connectivity index (χ2n) is 6.82.